The van der Waals surface area contributed by atoms with Crippen LogP contribution in [0.5, 0.6) is 11.5 Å². The Balaban J connectivity index is 1.49. The largest absolute Gasteiger partial charge is 0.497 e. The molecule has 0 aliphatic carbocycles. The second-order valence-electron chi connectivity index (χ2n) is 8.07. The zero-order valence-corrected chi connectivity index (χ0v) is 20.4. The summed E-state index contributed by atoms with van der Waals surface area (Å²) in [6.45, 7) is -0.216. The van der Waals surface area contributed by atoms with Crippen molar-refractivity contribution in [1.29, 1.82) is 0 Å². The Hall–Kier alpha value is -3.57. The monoisotopic (exact) mass is 511 g/mol. The van der Waals surface area contributed by atoms with Gasteiger partial charge >= 0.3 is 4.87 Å². The number of ether oxygens (including phenoxy) is 2. The number of nitrogens with one attached hydrogen (secondary N) is 2. The van der Waals surface area contributed by atoms with Crippen LogP contribution in [0.1, 0.15) is 16.4 Å². The Morgan fingerprint density at radius 2 is 1.60 bits per heavy atom. The first-order chi connectivity index (χ1) is 16.9. The lowest BCUT2D eigenvalue weighted by molar-refractivity contribution is -0.126. The third-order valence-electron chi connectivity index (χ3n) is 6.04. The Labute approximate surface area is 208 Å². The van der Waals surface area contributed by atoms with Gasteiger partial charge in [0.05, 0.1) is 25.2 Å². The molecule has 2 aliphatic rings. The second-order valence-corrected chi connectivity index (χ2v) is 10.2. The molecule has 0 radical (unpaired) electrons. The molecule has 35 heavy (non-hydrogen) atoms. The summed E-state index contributed by atoms with van der Waals surface area (Å²) >= 11 is 2.17. The lowest BCUT2D eigenvalue weighted by Crippen LogP contribution is -2.32. The smallest absolute Gasteiger partial charge is 0.308 e. The van der Waals surface area contributed by atoms with Gasteiger partial charge in [-0.25, -0.2) is 0 Å². The van der Waals surface area contributed by atoms with E-state index in [1.54, 1.807) is 50.6 Å². The zero-order valence-electron chi connectivity index (χ0n) is 18.8. The Morgan fingerprint density at radius 3 is 2.23 bits per heavy atom. The maximum absolute atomic E-state index is 13.0. The average Bonchev–Trinajstić information content (AvgIpc) is 3.33. The number of carbonyl (C=O) groups excluding carboxylic acids is 3. The minimum Gasteiger partial charge on any atom is -0.497 e. The molecule has 3 aromatic rings. The van der Waals surface area contributed by atoms with E-state index in [0.717, 1.165) is 16.9 Å². The van der Waals surface area contributed by atoms with Gasteiger partial charge in [0.1, 0.15) is 23.3 Å². The first kappa shape index (κ1) is 23.2. The third-order valence-corrected chi connectivity index (χ3v) is 8.65. The average molecular weight is 512 g/mol. The van der Waals surface area contributed by atoms with Crippen LogP contribution in [0, 0.1) is 5.92 Å². The van der Waals surface area contributed by atoms with E-state index in [0.29, 0.717) is 27.1 Å². The first-order valence-corrected chi connectivity index (χ1v) is 12.4. The molecule has 5 rings (SSSR count). The summed E-state index contributed by atoms with van der Waals surface area (Å²) in [4.78, 5) is 51.5. The summed E-state index contributed by atoms with van der Waals surface area (Å²) in [6, 6.07) is 14.1. The molecule has 3 unspecified atom stereocenters. The molecule has 0 spiro atoms. The minimum atomic E-state index is -0.688. The number of amides is 3. The van der Waals surface area contributed by atoms with E-state index in [9.17, 15) is 19.2 Å². The van der Waals surface area contributed by atoms with Gasteiger partial charge in [0.25, 0.3) is 0 Å². The standard InChI is InChI=1S/C24H21N3O6S2/c1-32-14-7-3-12(4-8-14)17-18-19(22(30)26-21(18)29)34-23-20(17)35-24(31)27(23)11-16(28)25-13-5-9-15(33-2)10-6-13/h3-10,17-19H,11H2,1-2H3,(H,25,28)(H,26,29,30). The number of fused-ring (bicyclic) bond motifs is 2. The zero-order chi connectivity index (χ0) is 24.7. The van der Waals surface area contributed by atoms with Crippen LogP contribution in [-0.4, -0.2) is 41.8 Å². The highest BCUT2D eigenvalue weighted by molar-refractivity contribution is 8.00. The number of hydrogen-bond donors (Lipinski definition) is 2. The predicted molar refractivity (Wildman–Crippen MR) is 131 cm³/mol. The maximum Gasteiger partial charge on any atom is 0.308 e. The number of anilines is 1. The topological polar surface area (TPSA) is 116 Å². The molecule has 2 aromatic carbocycles. The first-order valence-electron chi connectivity index (χ1n) is 10.7. The van der Waals surface area contributed by atoms with E-state index in [2.05, 4.69) is 10.6 Å². The molecular formula is C24H21N3O6S2. The highest BCUT2D eigenvalue weighted by atomic mass is 32.2. The number of thioether (sulfide) groups is 1. The van der Waals surface area contributed by atoms with Crippen LogP contribution >= 0.6 is 23.1 Å². The molecular weight excluding hydrogens is 490 g/mol. The van der Waals surface area contributed by atoms with Crippen molar-refractivity contribution < 1.29 is 23.9 Å². The van der Waals surface area contributed by atoms with Crippen molar-refractivity contribution in [3.05, 3.63) is 68.6 Å². The van der Waals surface area contributed by atoms with Crippen molar-refractivity contribution in [2.24, 2.45) is 5.92 Å². The van der Waals surface area contributed by atoms with Crippen molar-refractivity contribution >= 4 is 46.5 Å². The van der Waals surface area contributed by atoms with Gasteiger partial charge in [-0.2, -0.15) is 0 Å². The summed E-state index contributed by atoms with van der Waals surface area (Å²) < 4.78 is 11.7. The van der Waals surface area contributed by atoms with Crippen molar-refractivity contribution in [2.45, 2.75) is 22.7 Å². The molecule has 1 saturated heterocycles. The summed E-state index contributed by atoms with van der Waals surface area (Å²) in [5.41, 5.74) is 1.36. The van der Waals surface area contributed by atoms with E-state index < -0.39 is 17.1 Å². The number of rotatable bonds is 6. The summed E-state index contributed by atoms with van der Waals surface area (Å²) in [7, 11) is 3.12. The molecule has 2 N–H and O–H groups in total. The van der Waals surface area contributed by atoms with Crippen molar-refractivity contribution in [3.63, 3.8) is 0 Å². The van der Waals surface area contributed by atoms with Crippen LogP contribution in [0.25, 0.3) is 0 Å². The van der Waals surface area contributed by atoms with Crippen LogP contribution in [0.2, 0.25) is 0 Å². The highest BCUT2D eigenvalue weighted by Gasteiger charge is 2.52. The Morgan fingerprint density at radius 1 is 0.971 bits per heavy atom. The van der Waals surface area contributed by atoms with Crippen molar-refractivity contribution in [2.75, 3.05) is 19.5 Å². The fourth-order valence-electron chi connectivity index (χ4n) is 4.36. The predicted octanol–water partition coefficient (Wildman–Crippen LogP) is 2.44. The Kier molecular flexibility index (Phi) is 6.12. The molecule has 3 amide bonds. The van der Waals surface area contributed by atoms with E-state index in [-0.39, 0.29) is 29.1 Å². The lowest BCUT2D eigenvalue weighted by atomic mass is 9.83. The fraction of sp³-hybridized carbons (Fsp3) is 0.250. The van der Waals surface area contributed by atoms with Gasteiger partial charge in [-0.3, -0.25) is 29.1 Å². The van der Waals surface area contributed by atoms with Crippen LogP contribution in [0.4, 0.5) is 5.69 Å². The summed E-state index contributed by atoms with van der Waals surface area (Å²) in [5.74, 6) is -0.945. The van der Waals surface area contributed by atoms with Crippen LogP contribution in [0.3, 0.4) is 0 Å². The number of nitrogens with zero attached hydrogens (tertiary/aromatic N) is 1. The number of carbonyl (C=O) groups is 3. The van der Waals surface area contributed by atoms with Crippen LogP contribution in [0.15, 0.2) is 58.4 Å². The van der Waals surface area contributed by atoms with Gasteiger partial charge in [0.15, 0.2) is 0 Å². The van der Waals surface area contributed by atoms with Gasteiger partial charge in [-0.1, -0.05) is 35.2 Å². The summed E-state index contributed by atoms with van der Waals surface area (Å²) in [5, 5.41) is 5.05. The fourth-order valence-corrected chi connectivity index (χ4v) is 7.10. The van der Waals surface area contributed by atoms with Gasteiger partial charge in [0, 0.05) is 16.5 Å². The molecule has 2 aliphatic heterocycles. The number of aromatic nitrogens is 1. The number of thiazole rings is 1. The number of methoxy groups -OCH3 is 2. The maximum atomic E-state index is 13.0. The van der Waals surface area contributed by atoms with Gasteiger partial charge in [-0.15, -0.1) is 0 Å². The summed E-state index contributed by atoms with van der Waals surface area (Å²) in [6.07, 6.45) is 0. The number of imide groups is 1. The van der Waals surface area contributed by atoms with Gasteiger partial charge < -0.3 is 14.8 Å². The van der Waals surface area contributed by atoms with Crippen LogP contribution < -0.4 is 25.0 Å². The molecule has 0 saturated carbocycles. The lowest BCUT2D eigenvalue weighted by Gasteiger charge is -2.30. The van der Waals surface area contributed by atoms with Crippen molar-refractivity contribution in [1.82, 2.24) is 9.88 Å². The van der Waals surface area contributed by atoms with Gasteiger partial charge in [0.2, 0.25) is 17.7 Å². The third kappa shape index (κ3) is 4.21. The van der Waals surface area contributed by atoms with E-state index in [1.165, 1.54) is 16.3 Å². The Bertz CT molecular complexity index is 1360. The number of benzene rings is 2. The molecule has 9 nitrogen and oxygen atoms in total. The number of hydrogen-bond acceptors (Lipinski definition) is 8. The van der Waals surface area contributed by atoms with Crippen molar-refractivity contribution in [3.8, 4) is 11.5 Å². The molecule has 3 atom stereocenters. The second kappa shape index (κ2) is 9.23. The minimum absolute atomic E-state index is 0.216. The molecule has 3 heterocycles. The molecule has 1 aromatic heterocycles. The SMILES string of the molecule is COc1ccc(NC(=O)Cn2c3c(sc2=O)C(c2ccc(OC)cc2)C2C(=O)NC(=O)C2S3)cc1. The van der Waals surface area contributed by atoms with Crippen LogP contribution in [-0.2, 0) is 20.9 Å². The van der Waals surface area contributed by atoms with E-state index >= 15 is 0 Å². The molecule has 0 bridgehead atoms. The van der Waals surface area contributed by atoms with E-state index in [1.807, 2.05) is 12.1 Å². The molecule has 180 valence electrons. The highest BCUT2D eigenvalue weighted by Crippen LogP contribution is 2.51. The van der Waals surface area contributed by atoms with Gasteiger partial charge in [-0.05, 0) is 42.0 Å². The normalized spacial score (nSPS) is 20.6. The molecule has 11 heteroatoms. The molecule has 1 fully saturated rings. The quantitative estimate of drug-likeness (QED) is 0.489. The van der Waals surface area contributed by atoms with E-state index in [4.69, 9.17) is 9.47 Å².